The van der Waals surface area contributed by atoms with Gasteiger partial charge in [0.25, 0.3) is 5.91 Å². The fourth-order valence-corrected chi connectivity index (χ4v) is 3.03. The summed E-state index contributed by atoms with van der Waals surface area (Å²) in [7, 11) is 3.02. The van der Waals surface area contributed by atoms with E-state index in [-0.39, 0.29) is 12.5 Å². The molecule has 156 valence electrons. The molecule has 1 heterocycles. The van der Waals surface area contributed by atoms with Crippen LogP contribution in [0.2, 0.25) is 0 Å². The molecule has 1 aromatic rings. The average Bonchev–Trinajstić information content (AvgIpc) is 3.01. The Morgan fingerprint density at radius 3 is 2.25 bits per heavy atom. The number of rotatable bonds is 7. The molecular weight excluding hydrogens is 364 g/mol. The fourth-order valence-electron chi connectivity index (χ4n) is 3.03. The van der Waals surface area contributed by atoms with Crippen molar-refractivity contribution >= 4 is 12.0 Å². The van der Waals surface area contributed by atoms with Gasteiger partial charge in [-0.3, -0.25) is 4.79 Å². The van der Waals surface area contributed by atoms with Crippen molar-refractivity contribution in [1.82, 2.24) is 10.6 Å². The summed E-state index contributed by atoms with van der Waals surface area (Å²) in [4.78, 5) is 24.5. The second kappa shape index (κ2) is 9.86. The van der Waals surface area contributed by atoms with Crippen LogP contribution in [0, 0.1) is 0 Å². The molecule has 1 fully saturated rings. The van der Waals surface area contributed by atoms with Crippen LogP contribution in [0.1, 0.15) is 26.3 Å². The van der Waals surface area contributed by atoms with Gasteiger partial charge in [0.05, 0.1) is 0 Å². The summed E-state index contributed by atoms with van der Waals surface area (Å²) in [6.45, 7) is 5.87. The zero-order valence-electron chi connectivity index (χ0n) is 17.1. The van der Waals surface area contributed by atoms with E-state index in [0.717, 1.165) is 5.56 Å². The molecule has 0 aliphatic carbocycles. The summed E-state index contributed by atoms with van der Waals surface area (Å²) in [5.41, 5.74) is 0.380. The molecule has 1 saturated heterocycles. The van der Waals surface area contributed by atoms with E-state index >= 15 is 0 Å². The Labute approximate surface area is 165 Å². The van der Waals surface area contributed by atoms with Crippen LogP contribution in [0.15, 0.2) is 30.3 Å². The zero-order valence-corrected chi connectivity index (χ0v) is 17.1. The second-order valence-corrected chi connectivity index (χ2v) is 7.58. The van der Waals surface area contributed by atoms with Crippen LogP contribution in [0.25, 0.3) is 0 Å². The normalized spacial score (nSPS) is 24.6. The Hall–Kier alpha value is -2.16. The standard InChI is InChI=1S/C20H30N2O6/c1-20(2,3)28-19(24)22-12-14-15(25-4)16(26-5)17(27-14)18(23)21-11-13-9-7-6-8-10-13/h6-10,14-17H,11-12H2,1-5H3,(H,21,23)(H,22,24)/t14-,15-,16+,17-/m1/s1. The highest BCUT2D eigenvalue weighted by Gasteiger charge is 2.48. The van der Waals surface area contributed by atoms with Crippen LogP contribution in [-0.2, 0) is 30.3 Å². The third-order valence-electron chi connectivity index (χ3n) is 4.27. The van der Waals surface area contributed by atoms with Crippen LogP contribution < -0.4 is 10.6 Å². The van der Waals surface area contributed by atoms with E-state index < -0.39 is 36.1 Å². The van der Waals surface area contributed by atoms with Gasteiger partial charge in [0.15, 0.2) is 6.10 Å². The average molecular weight is 394 g/mol. The molecule has 0 aromatic heterocycles. The zero-order chi connectivity index (χ0) is 20.7. The van der Waals surface area contributed by atoms with Gasteiger partial charge < -0.3 is 29.6 Å². The molecule has 1 aromatic carbocycles. The van der Waals surface area contributed by atoms with Crippen LogP contribution in [0.5, 0.6) is 0 Å². The van der Waals surface area contributed by atoms with Gasteiger partial charge >= 0.3 is 6.09 Å². The lowest BCUT2D eigenvalue weighted by atomic mass is 10.1. The molecule has 4 atom stereocenters. The van der Waals surface area contributed by atoms with E-state index in [1.807, 2.05) is 30.3 Å². The monoisotopic (exact) mass is 394 g/mol. The highest BCUT2D eigenvalue weighted by Crippen LogP contribution is 2.26. The number of ether oxygens (including phenoxy) is 4. The van der Waals surface area contributed by atoms with E-state index in [9.17, 15) is 9.59 Å². The number of carbonyl (C=O) groups excluding carboxylic acids is 2. The lowest BCUT2D eigenvalue weighted by Crippen LogP contribution is -2.45. The van der Waals surface area contributed by atoms with Crippen LogP contribution >= 0.6 is 0 Å². The number of alkyl carbamates (subject to hydrolysis) is 1. The van der Waals surface area contributed by atoms with Crippen molar-refractivity contribution in [3.63, 3.8) is 0 Å². The third kappa shape index (κ3) is 6.19. The molecule has 2 rings (SSSR count). The minimum absolute atomic E-state index is 0.135. The van der Waals surface area contributed by atoms with E-state index in [2.05, 4.69) is 10.6 Å². The van der Waals surface area contributed by atoms with E-state index in [0.29, 0.717) is 6.54 Å². The SMILES string of the molecule is CO[C@H]1[C@H](OC)[C@H](C(=O)NCc2ccccc2)O[C@@H]1CNC(=O)OC(C)(C)C. The Morgan fingerprint density at radius 2 is 1.68 bits per heavy atom. The highest BCUT2D eigenvalue weighted by atomic mass is 16.6. The van der Waals surface area contributed by atoms with Gasteiger partial charge in [0, 0.05) is 27.3 Å². The maximum absolute atomic E-state index is 12.6. The molecule has 0 saturated carbocycles. The summed E-state index contributed by atoms with van der Waals surface area (Å²) < 4.78 is 22.0. The number of nitrogens with one attached hydrogen (secondary N) is 2. The molecule has 1 aliphatic rings. The summed E-state index contributed by atoms with van der Waals surface area (Å²) in [6, 6.07) is 9.58. The third-order valence-corrected chi connectivity index (χ3v) is 4.27. The Bertz CT molecular complexity index is 646. The fraction of sp³-hybridized carbons (Fsp3) is 0.600. The van der Waals surface area contributed by atoms with Crippen molar-refractivity contribution in [3.05, 3.63) is 35.9 Å². The molecule has 2 amide bonds. The minimum Gasteiger partial charge on any atom is -0.444 e. The quantitative estimate of drug-likeness (QED) is 0.730. The summed E-state index contributed by atoms with van der Waals surface area (Å²) in [5, 5.41) is 5.51. The first kappa shape index (κ1) is 22.1. The predicted molar refractivity (Wildman–Crippen MR) is 103 cm³/mol. The van der Waals surface area contributed by atoms with Gasteiger partial charge in [-0.1, -0.05) is 30.3 Å². The van der Waals surface area contributed by atoms with Gasteiger partial charge in [-0.25, -0.2) is 4.79 Å². The van der Waals surface area contributed by atoms with Crippen molar-refractivity contribution in [2.45, 2.75) is 57.3 Å². The lowest BCUT2D eigenvalue weighted by Gasteiger charge is -2.23. The van der Waals surface area contributed by atoms with Crippen LogP contribution in [0.3, 0.4) is 0 Å². The first-order valence-electron chi connectivity index (χ1n) is 9.24. The van der Waals surface area contributed by atoms with Crippen molar-refractivity contribution in [3.8, 4) is 0 Å². The van der Waals surface area contributed by atoms with Gasteiger partial charge in [-0.15, -0.1) is 0 Å². The first-order valence-corrected chi connectivity index (χ1v) is 9.24. The van der Waals surface area contributed by atoms with Crippen LogP contribution in [-0.4, -0.2) is 62.8 Å². The Balaban J connectivity index is 1.95. The van der Waals surface area contributed by atoms with Gasteiger partial charge in [-0.05, 0) is 26.3 Å². The van der Waals surface area contributed by atoms with E-state index in [1.165, 1.54) is 14.2 Å². The summed E-state index contributed by atoms with van der Waals surface area (Å²) >= 11 is 0. The van der Waals surface area contributed by atoms with Crippen LogP contribution in [0.4, 0.5) is 4.79 Å². The van der Waals surface area contributed by atoms with Gasteiger partial charge in [0.1, 0.15) is 23.9 Å². The van der Waals surface area contributed by atoms with Crippen molar-refractivity contribution in [2.75, 3.05) is 20.8 Å². The second-order valence-electron chi connectivity index (χ2n) is 7.58. The Kier molecular flexibility index (Phi) is 7.79. The summed E-state index contributed by atoms with van der Waals surface area (Å²) in [5.74, 6) is -0.294. The number of hydrogen-bond donors (Lipinski definition) is 2. The lowest BCUT2D eigenvalue weighted by molar-refractivity contribution is -0.136. The smallest absolute Gasteiger partial charge is 0.407 e. The molecule has 28 heavy (non-hydrogen) atoms. The van der Waals surface area contributed by atoms with E-state index in [1.54, 1.807) is 20.8 Å². The highest BCUT2D eigenvalue weighted by molar-refractivity contribution is 5.82. The van der Waals surface area contributed by atoms with Crippen molar-refractivity contribution in [1.29, 1.82) is 0 Å². The number of hydrogen-bond acceptors (Lipinski definition) is 6. The number of benzene rings is 1. The molecule has 0 bridgehead atoms. The maximum atomic E-state index is 12.6. The van der Waals surface area contributed by atoms with Gasteiger partial charge in [0.2, 0.25) is 0 Å². The van der Waals surface area contributed by atoms with E-state index in [4.69, 9.17) is 18.9 Å². The molecule has 0 spiro atoms. The Morgan fingerprint density at radius 1 is 1.04 bits per heavy atom. The molecule has 8 nitrogen and oxygen atoms in total. The molecule has 0 unspecified atom stereocenters. The van der Waals surface area contributed by atoms with Crippen molar-refractivity contribution in [2.24, 2.45) is 0 Å². The molecule has 2 N–H and O–H groups in total. The minimum atomic E-state index is -0.843. The largest absolute Gasteiger partial charge is 0.444 e. The van der Waals surface area contributed by atoms with Crippen molar-refractivity contribution < 1.29 is 28.5 Å². The number of methoxy groups -OCH3 is 2. The molecule has 0 radical (unpaired) electrons. The maximum Gasteiger partial charge on any atom is 0.407 e. The number of carbonyl (C=O) groups is 2. The number of amides is 2. The predicted octanol–water partition coefficient (Wildman–Crippen LogP) is 1.62. The molecule has 8 heteroatoms. The summed E-state index contributed by atoms with van der Waals surface area (Å²) in [6.07, 6.45) is -3.05. The molecular formula is C20H30N2O6. The topological polar surface area (TPSA) is 95.1 Å². The van der Waals surface area contributed by atoms with Gasteiger partial charge in [-0.2, -0.15) is 0 Å². The first-order chi connectivity index (χ1) is 13.2. The molecule has 1 aliphatic heterocycles.